The smallest absolute Gasteiger partial charge is 0.255 e. The molecule has 6 heteroatoms. The zero-order valence-corrected chi connectivity index (χ0v) is 23.1. The molecule has 200 valence electrons. The fourth-order valence-electron chi connectivity index (χ4n) is 6.68. The van der Waals surface area contributed by atoms with Gasteiger partial charge in [-0.05, 0) is 74.1 Å². The van der Waals surface area contributed by atoms with Crippen LogP contribution >= 0.6 is 0 Å². The molecule has 3 heterocycles. The predicted octanol–water partition coefficient (Wildman–Crippen LogP) is 6.53. The summed E-state index contributed by atoms with van der Waals surface area (Å²) in [6, 6.07) is 22.9. The normalized spacial score (nSPS) is 21.7. The summed E-state index contributed by atoms with van der Waals surface area (Å²) in [5.74, 6) is 1.02. The van der Waals surface area contributed by atoms with E-state index >= 15 is 0 Å². The first-order valence-corrected chi connectivity index (χ1v) is 14.0. The Bertz CT molecular complexity index is 1530. The average molecular weight is 521 g/mol. The Morgan fingerprint density at radius 1 is 0.949 bits per heavy atom. The highest BCUT2D eigenvalue weighted by Crippen LogP contribution is 2.43. The third kappa shape index (κ3) is 4.48. The molecule has 0 bridgehead atoms. The maximum absolute atomic E-state index is 13.8. The van der Waals surface area contributed by atoms with Crippen LogP contribution in [0.4, 0.5) is 11.4 Å². The van der Waals surface area contributed by atoms with Gasteiger partial charge in [0.05, 0.1) is 6.04 Å². The number of nitrogens with one attached hydrogen (secondary N) is 2. The van der Waals surface area contributed by atoms with E-state index in [1.54, 1.807) is 4.90 Å². The molecule has 0 spiro atoms. The summed E-state index contributed by atoms with van der Waals surface area (Å²) in [5, 5.41) is 4.14. The second kappa shape index (κ2) is 9.92. The Hall–Kier alpha value is -4.06. The van der Waals surface area contributed by atoms with Crippen LogP contribution in [0.5, 0.6) is 0 Å². The molecule has 4 atom stereocenters. The van der Waals surface area contributed by atoms with E-state index < -0.39 is 6.04 Å². The number of piperidine rings is 1. The fraction of sp³-hybridized carbons (Fsp3) is 0.333. The number of H-pyrrole nitrogens is 1. The molecule has 1 saturated heterocycles. The molecule has 2 aliphatic rings. The molecular weight excluding hydrogens is 484 g/mol. The van der Waals surface area contributed by atoms with E-state index in [9.17, 15) is 9.59 Å². The van der Waals surface area contributed by atoms with Crippen molar-refractivity contribution in [1.29, 1.82) is 0 Å². The van der Waals surface area contributed by atoms with E-state index in [1.165, 1.54) is 12.1 Å². The number of benzene rings is 3. The van der Waals surface area contributed by atoms with Gasteiger partial charge in [-0.15, -0.1) is 0 Å². The van der Waals surface area contributed by atoms with Crippen molar-refractivity contribution in [2.45, 2.75) is 46.2 Å². The molecule has 3 aromatic carbocycles. The second-order valence-corrected chi connectivity index (χ2v) is 11.5. The Balaban J connectivity index is 1.27. The van der Waals surface area contributed by atoms with Crippen LogP contribution in [0.3, 0.4) is 0 Å². The number of fused-ring (bicyclic) bond motifs is 2. The summed E-state index contributed by atoms with van der Waals surface area (Å²) in [4.78, 5) is 35.0. The molecule has 0 radical (unpaired) electrons. The number of aromatic nitrogens is 1. The van der Waals surface area contributed by atoms with E-state index in [0.29, 0.717) is 17.4 Å². The Morgan fingerprint density at radius 2 is 1.62 bits per heavy atom. The molecular formula is C33H36N4O2. The standard InChI is InChI=1S/C33H36N4O2/c1-20-17-21(2)19-36(18-20)25-15-13-24(14-16-25)35-32(38)23(4)37-31(26-9-5-6-10-27(26)33(37)39)30-22(3)34-29-12-8-7-11-28(29)30/h5-16,20-21,23,31,34H,17-19H2,1-4H3,(H,35,38). The first-order chi connectivity index (χ1) is 18.8. The first kappa shape index (κ1) is 25.2. The molecule has 2 N–H and O–H groups in total. The van der Waals surface area contributed by atoms with Crippen LogP contribution < -0.4 is 10.2 Å². The van der Waals surface area contributed by atoms with Crippen molar-refractivity contribution in [1.82, 2.24) is 9.88 Å². The lowest BCUT2D eigenvalue weighted by Crippen LogP contribution is -2.44. The topological polar surface area (TPSA) is 68.4 Å². The molecule has 39 heavy (non-hydrogen) atoms. The number of rotatable bonds is 5. The van der Waals surface area contributed by atoms with Gasteiger partial charge in [-0.2, -0.15) is 0 Å². The van der Waals surface area contributed by atoms with E-state index in [1.807, 2.05) is 68.4 Å². The number of aromatic amines is 1. The van der Waals surface area contributed by atoms with Gasteiger partial charge < -0.3 is 20.1 Å². The van der Waals surface area contributed by atoms with Crippen LogP contribution in [-0.2, 0) is 4.79 Å². The SMILES string of the molecule is Cc1[nH]c2ccccc2c1C1c2ccccc2C(=O)N1C(C)C(=O)Nc1ccc(N2CC(C)CC(C)C2)cc1. The number of anilines is 2. The number of aryl methyl sites for hydroxylation is 1. The molecule has 1 fully saturated rings. The quantitative estimate of drug-likeness (QED) is 0.314. The Labute approximate surface area is 230 Å². The largest absolute Gasteiger partial charge is 0.371 e. The summed E-state index contributed by atoms with van der Waals surface area (Å²) in [6.07, 6.45) is 1.26. The minimum absolute atomic E-state index is 0.119. The van der Waals surface area contributed by atoms with Gasteiger partial charge in [-0.1, -0.05) is 50.2 Å². The number of carbonyl (C=O) groups is 2. The summed E-state index contributed by atoms with van der Waals surface area (Å²) in [6.45, 7) is 10.6. The van der Waals surface area contributed by atoms with Crippen molar-refractivity contribution in [3.63, 3.8) is 0 Å². The highest BCUT2D eigenvalue weighted by molar-refractivity contribution is 6.05. The number of hydrogen-bond donors (Lipinski definition) is 2. The Kier molecular flexibility index (Phi) is 6.42. The van der Waals surface area contributed by atoms with Crippen LogP contribution in [0, 0.1) is 18.8 Å². The van der Waals surface area contributed by atoms with Gasteiger partial charge in [0.2, 0.25) is 5.91 Å². The van der Waals surface area contributed by atoms with Gasteiger partial charge in [-0.3, -0.25) is 9.59 Å². The molecule has 2 aliphatic heterocycles. The monoisotopic (exact) mass is 520 g/mol. The molecule has 4 unspecified atom stereocenters. The van der Waals surface area contributed by atoms with Crippen molar-refractivity contribution in [3.8, 4) is 0 Å². The van der Waals surface area contributed by atoms with Crippen molar-refractivity contribution >= 4 is 34.1 Å². The minimum atomic E-state index is -0.675. The third-order valence-electron chi connectivity index (χ3n) is 8.38. The highest BCUT2D eigenvalue weighted by atomic mass is 16.2. The lowest BCUT2D eigenvalue weighted by atomic mass is 9.91. The molecule has 4 aromatic rings. The van der Waals surface area contributed by atoms with Gasteiger partial charge in [0.15, 0.2) is 0 Å². The van der Waals surface area contributed by atoms with Crippen molar-refractivity contribution in [2.24, 2.45) is 11.8 Å². The van der Waals surface area contributed by atoms with Gasteiger partial charge in [-0.25, -0.2) is 0 Å². The molecule has 2 amide bonds. The van der Waals surface area contributed by atoms with E-state index in [4.69, 9.17) is 0 Å². The van der Waals surface area contributed by atoms with Crippen LogP contribution in [0.25, 0.3) is 10.9 Å². The lowest BCUT2D eigenvalue weighted by molar-refractivity contribution is -0.120. The maximum Gasteiger partial charge on any atom is 0.255 e. The van der Waals surface area contributed by atoms with Crippen LogP contribution in [-0.4, -0.2) is 40.8 Å². The fourth-order valence-corrected chi connectivity index (χ4v) is 6.68. The van der Waals surface area contributed by atoms with Gasteiger partial charge >= 0.3 is 0 Å². The number of hydrogen-bond acceptors (Lipinski definition) is 3. The van der Waals surface area contributed by atoms with E-state index in [0.717, 1.165) is 46.5 Å². The molecule has 1 aromatic heterocycles. The zero-order valence-electron chi connectivity index (χ0n) is 23.1. The summed E-state index contributed by atoms with van der Waals surface area (Å²) < 4.78 is 0. The minimum Gasteiger partial charge on any atom is -0.371 e. The number of carbonyl (C=O) groups excluding carboxylic acids is 2. The summed E-state index contributed by atoms with van der Waals surface area (Å²) >= 11 is 0. The van der Waals surface area contributed by atoms with Crippen molar-refractivity contribution < 1.29 is 9.59 Å². The van der Waals surface area contributed by atoms with Gasteiger partial charge in [0.1, 0.15) is 6.04 Å². The van der Waals surface area contributed by atoms with Crippen molar-refractivity contribution in [2.75, 3.05) is 23.3 Å². The van der Waals surface area contributed by atoms with Crippen LogP contribution in [0.15, 0.2) is 72.8 Å². The number of amides is 2. The molecule has 6 nitrogen and oxygen atoms in total. The number of nitrogens with zero attached hydrogens (tertiary/aromatic N) is 2. The van der Waals surface area contributed by atoms with Gasteiger partial charge in [0.25, 0.3) is 5.91 Å². The molecule has 0 saturated carbocycles. The van der Waals surface area contributed by atoms with Crippen molar-refractivity contribution in [3.05, 3.63) is 95.2 Å². The maximum atomic E-state index is 13.8. The van der Waals surface area contributed by atoms with E-state index in [2.05, 4.69) is 47.2 Å². The average Bonchev–Trinajstić information content (AvgIpc) is 3.40. The molecule has 6 rings (SSSR count). The van der Waals surface area contributed by atoms with Crippen LogP contribution in [0.2, 0.25) is 0 Å². The second-order valence-electron chi connectivity index (χ2n) is 11.5. The lowest BCUT2D eigenvalue weighted by Gasteiger charge is -2.36. The van der Waals surface area contributed by atoms with E-state index in [-0.39, 0.29) is 17.9 Å². The Morgan fingerprint density at radius 3 is 2.36 bits per heavy atom. The molecule has 0 aliphatic carbocycles. The van der Waals surface area contributed by atoms with Gasteiger partial charge in [0, 0.05) is 52.2 Å². The van der Waals surface area contributed by atoms with Crippen LogP contribution in [0.1, 0.15) is 60.4 Å². The highest BCUT2D eigenvalue weighted by Gasteiger charge is 2.43. The summed E-state index contributed by atoms with van der Waals surface area (Å²) in [5.41, 5.74) is 6.57. The number of para-hydroxylation sites is 1. The predicted molar refractivity (Wildman–Crippen MR) is 157 cm³/mol. The third-order valence-corrected chi connectivity index (χ3v) is 8.38. The summed E-state index contributed by atoms with van der Waals surface area (Å²) in [7, 11) is 0. The zero-order chi connectivity index (χ0) is 27.3. The first-order valence-electron chi connectivity index (χ1n) is 14.0.